The van der Waals surface area contributed by atoms with Crippen molar-refractivity contribution in [1.82, 2.24) is 5.32 Å². The van der Waals surface area contributed by atoms with Gasteiger partial charge in [-0.15, -0.1) is 0 Å². The molecule has 1 aliphatic rings. The summed E-state index contributed by atoms with van der Waals surface area (Å²) in [6.45, 7) is 3.09. The molecule has 0 saturated carbocycles. The Morgan fingerprint density at radius 1 is 1.45 bits per heavy atom. The zero-order valence-electron chi connectivity index (χ0n) is 12.6. The Labute approximate surface area is 128 Å². The standard InChI is InChI=1S/C17H19FN2O2/c1-12-8-13-4-2-6-20(17(13)15(18)9-12)11-16(21)19-10-14-5-3-7-22-14/h3,5,7-9H,2,4,6,10-11H2,1H3,(H,19,21). The van der Waals surface area contributed by atoms with Crippen LogP contribution in [0.15, 0.2) is 34.9 Å². The lowest BCUT2D eigenvalue weighted by atomic mass is 9.99. The van der Waals surface area contributed by atoms with Crippen LogP contribution in [0.1, 0.15) is 23.3 Å². The highest BCUT2D eigenvalue weighted by atomic mass is 19.1. The van der Waals surface area contributed by atoms with E-state index in [1.807, 2.05) is 17.9 Å². The van der Waals surface area contributed by atoms with E-state index >= 15 is 0 Å². The van der Waals surface area contributed by atoms with Gasteiger partial charge in [0.1, 0.15) is 11.6 Å². The van der Waals surface area contributed by atoms with Gasteiger partial charge in [0.2, 0.25) is 5.91 Å². The zero-order valence-corrected chi connectivity index (χ0v) is 12.6. The first-order valence-corrected chi connectivity index (χ1v) is 7.46. The Hall–Kier alpha value is -2.30. The van der Waals surface area contributed by atoms with Crippen molar-refractivity contribution in [3.8, 4) is 0 Å². The maximum absolute atomic E-state index is 14.3. The summed E-state index contributed by atoms with van der Waals surface area (Å²) in [6, 6.07) is 7.11. The smallest absolute Gasteiger partial charge is 0.239 e. The minimum atomic E-state index is -0.242. The molecule has 22 heavy (non-hydrogen) atoms. The fraction of sp³-hybridized carbons (Fsp3) is 0.353. The van der Waals surface area contributed by atoms with Crippen molar-refractivity contribution in [3.63, 3.8) is 0 Å². The summed E-state index contributed by atoms with van der Waals surface area (Å²) in [5, 5.41) is 2.80. The van der Waals surface area contributed by atoms with Gasteiger partial charge in [-0.3, -0.25) is 4.79 Å². The van der Waals surface area contributed by atoms with Crippen LogP contribution < -0.4 is 10.2 Å². The Morgan fingerprint density at radius 3 is 3.09 bits per heavy atom. The molecule has 3 rings (SSSR count). The fourth-order valence-electron chi connectivity index (χ4n) is 2.91. The molecule has 1 N–H and O–H groups in total. The number of aryl methyl sites for hydroxylation is 2. The summed E-state index contributed by atoms with van der Waals surface area (Å²) in [4.78, 5) is 13.9. The molecule has 2 heterocycles. The van der Waals surface area contributed by atoms with Gasteiger partial charge in [-0.2, -0.15) is 0 Å². The Bertz CT molecular complexity index is 668. The van der Waals surface area contributed by atoms with Crippen LogP contribution in [-0.2, 0) is 17.8 Å². The van der Waals surface area contributed by atoms with E-state index in [0.717, 1.165) is 24.0 Å². The van der Waals surface area contributed by atoms with Crippen molar-refractivity contribution in [2.24, 2.45) is 0 Å². The molecule has 0 saturated heterocycles. The molecule has 0 unspecified atom stereocenters. The average Bonchev–Trinajstić information content (AvgIpc) is 2.98. The summed E-state index contributed by atoms with van der Waals surface area (Å²) >= 11 is 0. The minimum absolute atomic E-state index is 0.135. The molecule has 1 aromatic heterocycles. The number of hydrogen-bond donors (Lipinski definition) is 1. The molecule has 0 bridgehead atoms. The number of nitrogens with one attached hydrogen (secondary N) is 1. The first-order chi connectivity index (χ1) is 10.6. The second-order valence-electron chi connectivity index (χ2n) is 5.64. The first-order valence-electron chi connectivity index (χ1n) is 7.46. The monoisotopic (exact) mass is 302 g/mol. The number of carbonyl (C=O) groups is 1. The normalized spacial score (nSPS) is 13.8. The van der Waals surface area contributed by atoms with Gasteiger partial charge in [-0.25, -0.2) is 4.39 Å². The van der Waals surface area contributed by atoms with Crippen molar-refractivity contribution in [1.29, 1.82) is 0 Å². The molecule has 1 aromatic carbocycles. The summed E-state index contributed by atoms with van der Waals surface area (Å²) in [6.07, 6.45) is 3.36. The third kappa shape index (κ3) is 3.13. The molecule has 0 radical (unpaired) electrons. The van der Waals surface area contributed by atoms with Crippen LogP contribution in [0, 0.1) is 12.7 Å². The SMILES string of the molecule is Cc1cc(F)c2c(c1)CCCN2CC(=O)NCc1ccco1. The van der Waals surface area contributed by atoms with Crippen LogP contribution in [0.3, 0.4) is 0 Å². The molecule has 1 amide bonds. The summed E-state index contributed by atoms with van der Waals surface area (Å²) < 4.78 is 19.4. The van der Waals surface area contributed by atoms with E-state index in [2.05, 4.69) is 5.32 Å². The van der Waals surface area contributed by atoms with Crippen molar-refractivity contribution in [2.45, 2.75) is 26.3 Å². The van der Waals surface area contributed by atoms with Gasteiger partial charge in [0, 0.05) is 6.54 Å². The molecule has 0 aliphatic carbocycles. The van der Waals surface area contributed by atoms with Crippen LogP contribution in [0.4, 0.5) is 10.1 Å². The van der Waals surface area contributed by atoms with E-state index in [1.165, 1.54) is 6.07 Å². The second-order valence-corrected chi connectivity index (χ2v) is 5.64. The predicted molar refractivity (Wildman–Crippen MR) is 82.2 cm³/mol. The highest BCUT2D eigenvalue weighted by Gasteiger charge is 2.22. The van der Waals surface area contributed by atoms with Gasteiger partial charge in [0.15, 0.2) is 0 Å². The quantitative estimate of drug-likeness (QED) is 0.944. The maximum atomic E-state index is 14.3. The second kappa shape index (κ2) is 6.22. The van der Waals surface area contributed by atoms with Crippen LogP contribution in [-0.4, -0.2) is 19.0 Å². The lowest BCUT2D eigenvalue weighted by molar-refractivity contribution is -0.120. The molecule has 4 nitrogen and oxygen atoms in total. The van der Waals surface area contributed by atoms with Crippen LogP contribution in [0.5, 0.6) is 0 Å². The Morgan fingerprint density at radius 2 is 2.32 bits per heavy atom. The molecular weight excluding hydrogens is 283 g/mol. The minimum Gasteiger partial charge on any atom is -0.467 e. The summed E-state index contributed by atoms with van der Waals surface area (Å²) in [5.74, 6) is 0.326. The summed E-state index contributed by atoms with van der Waals surface area (Å²) in [5.41, 5.74) is 2.48. The first kappa shape index (κ1) is 14.6. The number of nitrogens with zero attached hydrogens (tertiary/aromatic N) is 1. The number of amides is 1. The topological polar surface area (TPSA) is 45.5 Å². The number of anilines is 1. The number of rotatable bonds is 4. The fourth-order valence-corrected chi connectivity index (χ4v) is 2.91. The number of fused-ring (bicyclic) bond motifs is 1. The summed E-state index contributed by atoms with van der Waals surface area (Å²) in [7, 11) is 0. The van der Waals surface area contributed by atoms with Crippen LogP contribution in [0.2, 0.25) is 0 Å². The molecule has 0 fully saturated rings. The van der Waals surface area contributed by atoms with E-state index in [1.54, 1.807) is 18.4 Å². The largest absolute Gasteiger partial charge is 0.467 e. The van der Waals surface area contributed by atoms with E-state index < -0.39 is 0 Å². The van der Waals surface area contributed by atoms with E-state index in [4.69, 9.17) is 4.42 Å². The number of halogens is 1. The van der Waals surface area contributed by atoms with Gasteiger partial charge < -0.3 is 14.6 Å². The van der Waals surface area contributed by atoms with Crippen LogP contribution >= 0.6 is 0 Å². The average molecular weight is 302 g/mol. The molecule has 2 aromatic rings. The molecule has 116 valence electrons. The third-order valence-electron chi connectivity index (χ3n) is 3.85. The maximum Gasteiger partial charge on any atom is 0.239 e. The van der Waals surface area contributed by atoms with Crippen molar-refractivity contribution in [2.75, 3.05) is 18.0 Å². The van der Waals surface area contributed by atoms with Crippen molar-refractivity contribution in [3.05, 3.63) is 53.2 Å². The molecular formula is C17H19FN2O2. The molecule has 1 aliphatic heterocycles. The number of furan rings is 1. The highest BCUT2D eigenvalue weighted by Crippen LogP contribution is 2.30. The van der Waals surface area contributed by atoms with Gasteiger partial charge in [-0.05, 0) is 49.1 Å². The van der Waals surface area contributed by atoms with E-state index in [-0.39, 0.29) is 18.3 Å². The van der Waals surface area contributed by atoms with Gasteiger partial charge in [0.05, 0.1) is 25.0 Å². The lowest BCUT2D eigenvalue weighted by Crippen LogP contribution is -2.40. The Kier molecular flexibility index (Phi) is 4.13. The van der Waals surface area contributed by atoms with Gasteiger partial charge in [0.25, 0.3) is 0 Å². The van der Waals surface area contributed by atoms with Crippen molar-refractivity contribution < 1.29 is 13.6 Å². The third-order valence-corrected chi connectivity index (χ3v) is 3.85. The highest BCUT2D eigenvalue weighted by molar-refractivity contribution is 5.82. The molecule has 5 heteroatoms. The van der Waals surface area contributed by atoms with Crippen LogP contribution in [0.25, 0.3) is 0 Å². The Balaban J connectivity index is 1.68. The van der Waals surface area contributed by atoms with Gasteiger partial charge in [-0.1, -0.05) is 6.07 Å². The molecule has 0 spiro atoms. The van der Waals surface area contributed by atoms with Gasteiger partial charge >= 0.3 is 0 Å². The predicted octanol–water partition coefficient (Wildman–Crippen LogP) is 2.80. The molecule has 0 atom stereocenters. The van der Waals surface area contributed by atoms with E-state index in [0.29, 0.717) is 24.5 Å². The number of benzene rings is 1. The van der Waals surface area contributed by atoms with E-state index in [9.17, 15) is 9.18 Å². The number of hydrogen-bond acceptors (Lipinski definition) is 3. The zero-order chi connectivity index (χ0) is 15.5. The van der Waals surface area contributed by atoms with Crippen molar-refractivity contribution >= 4 is 11.6 Å². The number of carbonyl (C=O) groups excluding carboxylic acids is 1. The lowest BCUT2D eigenvalue weighted by Gasteiger charge is -2.31.